The Bertz CT molecular complexity index is 495. The largest absolute Gasteiger partial charge is 0.272 e. The first-order chi connectivity index (χ1) is 11.5. The monoisotopic (exact) mass is 352 g/mol. The first-order valence-electron chi connectivity index (χ1n) is 9.57. The van der Waals surface area contributed by atoms with Gasteiger partial charge in [-0.3, -0.25) is 10.1 Å². The van der Waals surface area contributed by atoms with Crippen molar-refractivity contribution < 1.29 is 4.92 Å². The predicted molar refractivity (Wildman–Crippen MR) is 108 cm³/mol. The zero-order valence-electron chi connectivity index (χ0n) is 16.0. The van der Waals surface area contributed by atoms with Gasteiger partial charge in [0.15, 0.2) is 0 Å². The minimum Gasteiger partial charge on any atom is -0.258 e. The van der Waals surface area contributed by atoms with Crippen LogP contribution < -0.4 is 0 Å². The minimum atomic E-state index is -0.996. The van der Waals surface area contributed by atoms with Crippen LogP contribution in [0.25, 0.3) is 0 Å². The molecule has 0 aromatic heterocycles. The van der Waals surface area contributed by atoms with E-state index in [9.17, 15) is 10.1 Å². The molecule has 4 heteroatoms. The summed E-state index contributed by atoms with van der Waals surface area (Å²) in [6.07, 6.45) is 13.1. The van der Waals surface area contributed by atoms with Gasteiger partial charge in [-0.15, -0.1) is 0 Å². The average Bonchev–Trinajstić information content (AvgIpc) is 2.56. The Balaban J connectivity index is 3.03. The Morgan fingerprint density at radius 1 is 0.958 bits per heavy atom. The molecule has 0 saturated carbocycles. The molecule has 0 spiro atoms. The lowest BCUT2D eigenvalue weighted by Gasteiger charge is -2.28. The fourth-order valence-electron chi connectivity index (χ4n) is 3.46. The fraction of sp³-hybridized carbons (Fsp3) is 0.700. The Kier molecular flexibility index (Phi) is 9.51. The van der Waals surface area contributed by atoms with Crippen molar-refractivity contribution in [2.45, 2.75) is 72.4 Å². The maximum Gasteiger partial charge on any atom is 0.272 e. The molecule has 0 aliphatic heterocycles. The molecule has 3 nitrogen and oxygen atoms in total. The summed E-state index contributed by atoms with van der Waals surface area (Å²) in [5.74, 6) is 0. The van der Waals surface area contributed by atoms with E-state index in [4.69, 9.17) is 0 Å². The minimum absolute atomic E-state index is 0.248. The quantitative estimate of drug-likeness (QED) is 0.235. The number of rotatable bonds is 12. The third-order valence-corrected chi connectivity index (χ3v) is 9.76. The zero-order chi connectivity index (χ0) is 18.0. The number of benzene rings is 1. The number of nitro benzene ring substituents is 1. The highest BCUT2D eigenvalue weighted by Crippen LogP contribution is 2.63. The lowest BCUT2D eigenvalue weighted by molar-refractivity contribution is -0.385. The van der Waals surface area contributed by atoms with Crippen LogP contribution in [0, 0.1) is 17.0 Å². The van der Waals surface area contributed by atoms with Gasteiger partial charge in [-0.05, 0) is 43.9 Å². The SMILES string of the molecule is CCCC[P+](CCCC)(CCCC)Cc1ccc([N+](=O)[O-])c(C)c1. The first kappa shape index (κ1) is 21.1. The van der Waals surface area contributed by atoms with E-state index in [0.29, 0.717) is 0 Å². The van der Waals surface area contributed by atoms with E-state index in [1.807, 2.05) is 13.0 Å². The maximum atomic E-state index is 11.1. The summed E-state index contributed by atoms with van der Waals surface area (Å²) >= 11 is 0. The van der Waals surface area contributed by atoms with E-state index in [1.165, 1.54) is 68.7 Å². The highest BCUT2D eigenvalue weighted by Gasteiger charge is 2.35. The van der Waals surface area contributed by atoms with E-state index >= 15 is 0 Å². The van der Waals surface area contributed by atoms with Gasteiger partial charge < -0.3 is 0 Å². The second-order valence-corrected chi connectivity index (χ2v) is 11.5. The van der Waals surface area contributed by atoms with Gasteiger partial charge in [-0.1, -0.05) is 40.0 Å². The zero-order valence-corrected chi connectivity index (χ0v) is 16.9. The Labute approximate surface area is 148 Å². The molecule has 0 bridgehead atoms. The number of hydrogen-bond acceptors (Lipinski definition) is 2. The molecule has 0 amide bonds. The predicted octanol–water partition coefficient (Wildman–Crippen LogP) is 6.82. The molecule has 0 atom stereocenters. The van der Waals surface area contributed by atoms with Gasteiger partial charge in [0, 0.05) is 18.9 Å². The summed E-state index contributed by atoms with van der Waals surface area (Å²) in [6, 6.07) is 5.78. The van der Waals surface area contributed by atoms with Gasteiger partial charge in [0.05, 0.1) is 29.6 Å². The van der Waals surface area contributed by atoms with Crippen LogP contribution in [-0.4, -0.2) is 23.4 Å². The molecule has 0 aliphatic rings. The normalized spacial score (nSPS) is 11.7. The molecule has 1 rings (SSSR count). The van der Waals surface area contributed by atoms with E-state index < -0.39 is 7.26 Å². The van der Waals surface area contributed by atoms with E-state index in [-0.39, 0.29) is 10.6 Å². The third-order valence-electron chi connectivity index (χ3n) is 4.93. The van der Waals surface area contributed by atoms with Crippen LogP contribution >= 0.6 is 7.26 Å². The van der Waals surface area contributed by atoms with Crippen molar-refractivity contribution in [2.24, 2.45) is 0 Å². The van der Waals surface area contributed by atoms with Crippen molar-refractivity contribution in [3.05, 3.63) is 39.4 Å². The summed E-state index contributed by atoms with van der Waals surface area (Å²) in [4.78, 5) is 10.8. The Morgan fingerprint density at radius 2 is 1.46 bits per heavy atom. The molecule has 0 saturated heterocycles. The first-order valence-corrected chi connectivity index (χ1v) is 12.1. The fourth-order valence-corrected chi connectivity index (χ4v) is 8.54. The van der Waals surface area contributed by atoms with E-state index in [2.05, 4.69) is 26.8 Å². The molecular weight excluding hydrogens is 317 g/mol. The molecule has 1 aromatic carbocycles. The van der Waals surface area contributed by atoms with Crippen molar-refractivity contribution in [1.29, 1.82) is 0 Å². The molecule has 0 heterocycles. The maximum absolute atomic E-state index is 11.1. The molecule has 0 unspecified atom stereocenters. The molecule has 0 radical (unpaired) electrons. The highest BCUT2D eigenvalue weighted by atomic mass is 31.2. The van der Waals surface area contributed by atoms with Gasteiger partial charge >= 0.3 is 0 Å². The van der Waals surface area contributed by atoms with Crippen molar-refractivity contribution in [2.75, 3.05) is 18.5 Å². The molecule has 24 heavy (non-hydrogen) atoms. The van der Waals surface area contributed by atoms with Crippen LogP contribution in [-0.2, 0) is 6.16 Å². The second kappa shape index (κ2) is 10.8. The third kappa shape index (κ3) is 6.51. The molecule has 0 aliphatic carbocycles. The lowest BCUT2D eigenvalue weighted by atomic mass is 10.1. The number of unbranched alkanes of at least 4 members (excludes halogenated alkanes) is 3. The summed E-state index contributed by atoms with van der Waals surface area (Å²) in [6.45, 7) is 8.71. The summed E-state index contributed by atoms with van der Waals surface area (Å²) < 4.78 is 0. The van der Waals surface area contributed by atoms with Crippen LogP contribution in [0.5, 0.6) is 0 Å². The Morgan fingerprint density at radius 3 is 1.83 bits per heavy atom. The molecule has 0 N–H and O–H groups in total. The summed E-state index contributed by atoms with van der Waals surface area (Å²) in [7, 11) is -0.996. The number of nitro groups is 1. The topological polar surface area (TPSA) is 43.1 Å². The van der Waals surface area contributed by atoms with Crippen molar-refractivity contribution in [3.63, 3.8) is 0 Å². The van der Waals surface area contributed by atoms with Crippen LogP contribution in [0.3, 0.4) is 0 Å². The van der Waals surface area contributed by atoms with Gasteiger partial charge in [0.25, 0.3) is 5.69 Å². The second-order valence-electron chi connectivity index (χ2n) is 7.11. The van der Waals surface area contributed by atoms with Crippen molar-refractivity contribution in [1.82, 2.24) is 0 Å². The van der Waals surface area contributed by atoms with Crippen LogP contribution in [0.4, 0.5) is 5.69 Å². The van der Waals surface area contributed by atoms with Crippen LogP contribution in [0.15, 0.2) is 18.2 Å². The lowest BCUT2D eigenvalue weighted by Crippen LogP contribution is -2.12. The number of aryl methyl sites for hydroxylation is 1. The standard InChI is InChI=1S/C20H35NO2P/c1-5-8-13-24(14-9-6-2,15-10-7-3)17-19-11-12-20(21(22)23)18(4)16-19/h11-12,16H,5-10,13-15,17H2,1-4H3/q+1. The van der Waals surface area contributed by atoms with Gasteiger partial charge in [-0.2, -0.15) is 0 Å². The van der Waals surface area contributed by atoms with Gasteiger partial charge in [0.1, 0.15) is 0 Å². The van der Waals surface area contributed by atoms with Gasteiger partial charge in [0.2, 0.25) is 0 Å². The van der Waals surface area contributed by atoms with Crippen LogP contribution in [0.1, 0.15) is 70.4 Å². The van der Waals surface area contributed by atoms with E-state index in [1.54, 1.807) is 6.07 Å². The summed E-state index contributed by atoms with van der Waals surface area (Å²) in [5, 5.41) is 11.1. The van der Waals surface area contributed by atoms with E-state index in [0.717, 1.165) is 5.56 Å². The summed E-state index contributed by atoms with van der Waals surface area (Å²) in [5.41, 5.74) is 2.37. The molecule has 1 aromatic rings. The van der Waals surface area contributed by atoms with Gasteiger partial charge in [-0.25, -0.2) is 0 Å². The average molecular weight is 352 g/mol. The number of hydrogen-bond donors (Lipinski definition) is 0. The number of nitrogens with zero attached hydrogens (tertiary/aromatic N) is 1. The molecular formula is C20H35NO2P+. The molecule has 136 valence electrons. The van der Waals surface area contributed by atoms with Crippen LogP contribution in [0.2, 0.25) is 0 Å². The molecule has 0 fully saturated rings. The van der Waals surface area contributed by atoms with Crippen molar-refractivity contribution in [3.8, 4) is 0 Å². The highest BCUT2D eigenvalue weighted by molar-refractivity contribution is 7.75. The smallest absolute Gasteiger partial charge is 0.258 e. The van der Waals surface area contributed by atoms with Crippen molar-refractivity contribution >= 4 is 12.9 Å². The Hall–Kier alpha value is -0.950.